The number of hydrogen-bond donors (Lipinski definition) is 0. The molecule has 1 aliphatic heterocycles. The molecule has 0 aromatic heterocycles. The van der Waals surface area contributed by atoms with Gasteiger partial charge in [0.05, 0.1) is 0 Å². The molecule has 0 spiro atoms. The molecule has 1 aliphatic rings. The second kappa shape index (κ2) is 6.65. The van der Waals surface area contributed by atoms with Crippen LogP contribution in [0.1, 0.15) is 21.6 Å². The first-order chi connectivity index (χ1) is 9.72. The van der Waals surface area contributed by atoms with Crippen molar-refractivity contribution >= 4 is 46.7 Å². The maximum atomic E-state index is 5.97. The zero-order chi connectivity index (χ0) is 13.9. The lowest BCUT2D eigenvalue weighted by molar-refractivity contribution is 1.02. The number of halogens is 2. The first-order valence-corrected chi connectivity index (χ1v) is 9.32. The molecule has 1 saturated heterocycles. The van der Waals surface area contributed by atoms with E-state index < -0.39 is 0 Å². The lowest BCUT2D eigenvalue weighted by Crippen LogP contribution is -2.11. The van der Waals surface area contributed by atoms with E-state index in [2.05, 4.69) is 24.3 Å². The summed E-state index contributed by atoms with van der Waals surface area (Å²) >= 11 is 16.0. The fraction of sp³-hybridized carbons (Fsp3) is 0.250. The van der Waals surface area contributed by atoms with Crippen molar-refractivity contribution in [3.05, 3.63) is 69.7 Å². The molecule has 0 saturated carbocycles. The smallest absolute Gasteiger partial charge is 0.0406 e. The van der Waals surface area contributed by atoms with Crippen molar-refractivity contribution in [1.82, 2.24) is 0 Å². The summed E-state index contributed by atoms with van der Waals surface area (Å²) in [6.45, 7) is 0. The van der Waals surface area contributed by atoms with Crippen LogP contribution in [0.5, 0.6) is 0 Å². The van der Waals surface area contributed by atoms with E-state index in [1.165, 1.54) is 11.1 Å². The van der Waals surface area contributed by atoms with Gasteiger partial charge < -0.3 is 0 Å². The van der Waals surface area contributed by atoms with Crippen molar-refractivity contribution in [1.29, 1.82) is 0 Å². The van der Waals surface area contributed by atoms with E-state index in [1.54, 1.807) is 0 Å². The monoisotopic (exact) mass is 340 g/mol. The van der Waals surface area contributed by atoms with Crippen LogP contribution in [0, 0.1) is 0 Å². The summed E-state index contributed by atoms with van der Waals surface area (Å²) in [5.41, 5.74) is 2.73. The van der Waals surface area contributed by atoms with Crippen LogP contribution in [0.15, 0.2) is 48.5 Å². The Balaban J connectivity index is 1.76. The van der Waals surface area contributed by atoms with Gasteiger partial charge in [-0.2, -0.15) is 11.8 Å². The van der Waals surface area contributed by atoms with Gasteiger partial charge in [-0.05, 0) is 35.4 Å². The lowest BCUT2D eigenvalue weighted by Gasteiger charge is -2.29. The van der Waals surface area contributed by atoms with Crippen LogP contribution in [0.2, 0.25) is 10.0 Å². The maximum absolute atomic E-state index is 5.97. The second-order valence-electron chi connectivity index (χ2n) is 4.75. The topological polar surface area (TPSA) is 0 Å². The van der Waals surface area contributed by atoms with E-state index in [9.17, 15) is 0 Å². The highest BCUT2D eigenvalue weighted by molar-refractivity contribution is 8.06. The summed E-state index contributed by atoms with van der Waals surface area (Å²) in [6, 6.07) is 16.5. The Morgan fingerprint density at radius 2 is 1.10 bits per heavy atom. The van der Waals surface area contributed by atoms with E-state index in [1.807, 2.05) is 47.8 Å². The third-order valence-corrected chi connectivity index (χ3v) is 6.95. The number of hydrogen-bond acceptors (Lipinski definition) is 2. The van der Waals surface area contributed by atoms with Gasteiger partial charge in [0, 0.05) is 32.1 Å². The molecule has 1 heterocycles. The molecule has 20 heavy (non-hydrogen) atoms. The van der Waals surface area contributed by atoms with Crippen molar-refractivity contribution in [2.75, 3.05) is 11.5 Å². The van der Waals surface area contributed by atoms with Crippen molar-refractivity contribution < 1.29 is 0 Å². The molecule has 0 nitrogen and oxygen atoms in total. The van der Waals surface area contributed by atoms with Gasteiger partial charge in [-0.1, -0.05) is 47.5 Å². The Bertz CT molecular complexity index is 515. The van der Waals surface area contributed by atoms with Crippen LogP contribution in [-0.4, -0.2) is 11.5 Å². The standard InChI is InChI=1S/C16H14Cl2S2/c17-13-5-1-11(2-6-13)15-9-19-10-16(20-15)12-3-7-14(18)8-4-12/h1-8,15-16H,9-10H2/t15-,16-/m1/s1. The summed E-state index contributed by atoms with van der Waals surface area (Å²) in [6.07, 6.45) is 0. The van der Waals surface area contributed by atoms with Gasteiger partial charge in [-0.3, -0.25) is 0 Å². The zero-order valence-electron chi connectivity index (χ0n) is 10.8. The van der Waals surface area contributed by atoms with Crippen LogP contribution < -0.4 is 0 Å². The molecule has 0 amide bonds. The van der Waals surface area contributed by atoms with E-state index >= 15 is 0 Å². The van der Waals surface area contributed by atoms with E-state index in [4.69, 9.17) is 23.2 Å². The maximum Gasteiger partial charge on any atom is 0.0406 e. The minimum absolute atomic E-state index is 0.534. The first kappa shape index (κ1) is 14.6. The van der Waals surface area contributed by atoms with Gasteiger partial charge in [0.25, 0.3) is 0 Å². The summed E-state index contributed by atoms with van der Waals surface area (Å²) in [5, 5.41) is 2.67. The van der Waals surface area contributed by atoms with Crippen molar-refractivity contribution in [3.63, 3.8) is 0 Å². The minimum Gasteiger partial charge on any atom is -0.159 e. The molecule has 3 rings (SSSR count). The third kappa shape index (κ3) is 3.48. The van der Waals surface area contributed by atoms with Gasteiger partial charge in [-0.25, -0.2) is 0 Å². The molecule has 0 aliphatic carbocycles. The van der Waals surface area contributed by atoms with E-state index in [0.717, 1.165) is 21.6 Å². The van der Waals surface area contributed by atoms with Gasteiger partial charge in [0.1, 0.15) is 0 Å². The van der Waals surface area contributed by atoms with Crippen LogP contribution in [0.3, 0.4) is 0 Å². The largest absolute Gasteiger partial charge is 0.159 e. The van der Waals surface area contributed by atoms with Crippen molar-refractivity contribution in [2.24, 2.45) is 0 Å². The van der Waals surface area contributed by atoms with E-state index in [-0.39, 0.29) is 0 Å². The first-order valence-electron chi connectivity index (χ1n) is 6.46. The molecular formula is C16H14Cl2S2. The Labute approximate surface area is 138 Å². The molecular weight excluding hydrogens is 327 g/mol. The Morgan fingerprint density at radius 3 is 1.50 bits per heavy atom. The van der Waals surface area contributed by atoms with Crippen molar-refractivity contribution in [3.8, 4) is 0 Å². The van der Waals surface area contributed by atoms with E-state index in [0.29, 0.717) is 10.5 Å². The molecule has 1 fully saturated rings. The fourth-order valence-corrected chi connectivity index (χ4v) is 5.70. The second-order valence-corrected chi connectivity index (χ2v) is 8.11. The predicted octanol–water partition coefficient (Wildman–Crippen LogP) is 6.26. The molecule has 2 aromatic rings. The molecule has 0 unspecified atom stereocenters. The van der Waals surface area contributed by atoms with Crippen LogP contribution in [0.25, 0.3) is 0 Å². The van der Waals surface area contributed by atoms with Crippen LogP contribution in [0.4, 0.5) is 0 Å². The highest BCUT2D eigenvalue weighted by Gasteiger charge is 2.25. The Morgan fingerprint density at radius 1 is 0.700 bits per heavy atom. The molecule has 2 atom stereocenters. The van der Waals surface area contributed by atoms with Gasteiger partial charge in [-0.15, -0.1) is 11.8 Å². The highest BCUT2D eigenvalue weighted by Crippen LogP contribution is 2.48. The lowest BCUT2D eigenvalue weighted by atomic mass is 10.1. The summed E-state index contributed by atoms with van der Waals surface area (Å²) < 4.78 is 0. The summed E-state index contributed by atoms with van der Waals surface area (Å²) in [7, 11) is 0. The molecule has 4 heteroatoms. The quantitative estimate of drug-likeness (QED) is 0.633. The summed E-state index contributed by atoms with van der Waals surface area (Å²) in [4.78, 5) is 0. The molecule has 104 valence electrons. The molecule has 0 N–H and O–H groups in total. The third-order valence-electron chi connectivity index (χ3n) is 3.35. The molecule has 2 aromatic carbocycles. The fourth-order valence-electron chi connectivity index (χ4n) is 2.26. The molecule has 0 bridgehead atoms. The Kier molecular flexibility index (Phi) is 4.87. The molecule has 0 radical (unpaired) electrons. The number of rotatable bonds is 2. The van der Waals surface area contributed by atoms with Gasteiger partial charge in [0.15, 0.2) is 0 Å². The summed E-state index contributed by atoms with van der Waals surface area (Å²) in [5.74, 6) is 2.33. The average Bonchev–Trinajstić information content (AvgIpc) is 2.49. The van der Waals surface area contributed by atoms with Crippen LogP contribution >= 0.6 is 46.7 Å². The highest BCUT2D eigenvalue weighted by atomic mass is 35.5. The predicted molar refractivity (Wildman–Crippen MR) is 93.3 cm³/mol. The average molecular weight is 341 g/mol. The SMILES string of the molecule is Clc1ccc([C@H]2CSC[C@H](c3ccc(Cl)cc3)S2)cc1. The normalized spacial score (nSPS) is 22.7. The Hall–Kier alpha value is -0.280. The van der Waals surface area contributed by atoms with Crippen LogP contribution in [-0.2, 0) is 0 Å². The van der Waals surface area contributed by atoms with Gasteiger partial charge >= 0.3 is 0 Å². The zero-order valence-corrected chi connectivity index (χ0v) is 13.9. The van der Waals surface area contributed by atoms with Crippen molar-refractivity contribution in [2.45, 2.75) is 10.5 Å². The number of benzene rings is 2. The van der Waals surface area contributed by atoms with Gasteiger partial charge in [0.2, 0.25) is 0 Å². The number of thioether (sulfide) groups is 2. The minimum atomic E-state index is 0.534.